The van der Waals surface area contributed by atoms with Gasteiger partial charge >= 0.3 is 10.2 Å². The van der Waals surface area contributed by atoms with E-state index in [1.807, 2.05) is 0 Å². The zero-order valence-corrected chi connectivity index (χ0v) is 17.9. The van der Waals surface area contributed by atoms with Gasteiger partial charge in [0.25, 0.3) is 0 Å². The number of nitrogens with one attached hydrogen (secondary N) is 1. The van der Waals surface area contributed by atoms with Crippen LogP contribution in [0.3, 0.4) is 0 Å². The van der Waals surface area contributed by atoms with Gasteiger partial charge in [-0.1, -0.05) is 12.1 Å². The molecule has 1 fully saturated rings. The number of fused-ring (bicyclic) bond motifs is 1. The van der Waals surface area contributed by atoms with Crippen molar-refractivity contribution in [2.45, 2.75) is 32.4 Å². The van der Waals surface area contributed by atoms with Crippen LogP contribution in [0.5, 0.6) is 0 Å². The number of hydrogen-bond donors (Lipinski definition) is 1. The molecule has 0 bridgehead atoms. The Kier molecular flexibility index (Phi) is 5.69. The number of rotatable bonds is 5. The zero-order chi connectivity index (χ0) is 21.5. The van der Waals surface area contributed by atoms with E-state index in [-0.39, 0.29) is 5.69 Å². The highest BCUT2D eigenvalue weighted by molar-refractivity contribution is 7.95. The number of hydrogen-bond acceptors (Lipinski definition) is 4. The molecule has 162 valence electrons. The van der Waals surface area contributed by atoms with Crippen molar-refractivity contribution in [3.05, 3.63) is 54.1 Å². The second-order valence-corrected chi connectivity index (χ2v) is 9.71. The van der Waals surface area contributed by atoms with Crippen LogP contribution in [0.2, 0.25) is 0 Å². The summed E-state index contributed by atoms with van der Waals surface area (Å²) in [4.78, 5) is 2.34. The van der Waals surface area contributed by atoms with Gasteiger partial charge in [0.2, 0.25) is 0 Å². The van der Waals surface area contributed by atoms with Crippen molar-refractivity contribution in [1.29, 1.82) is 0 Å². The lowest BCUT2D eigenvalue weighted by atomic mass is 10.1. The number of piperazine rings is 1. The number of para-hydroxylation sites is 2. The number of nitrogens with zero attached hydrogens (tertiary/aromatic N) is 3. The van der Waals surface area contributed by atoms with Crippen molar-refractivity contribution < 1.29 is 17.2 Å². The molecule has 1 N–H and O–H groups in total. The first-order valence-corrected chi connectivity index (χ1v) is 11.5. The van der Waals surface area contributed by atoms with E-state index in [1.165, 1.54) is 10.4 Å². The highest BCUT2D eigenvalue weighted by Crippen LogP contribution is 2.45. The van der Waals surface area contributed by atoms with Gasteiger partial charge in [-0.2, -0.15) is 8.42 Å². The molecular formula is C21H26F2N4O2S. The van der Waals surface area contributed by atoms with E-state index in [0.717, 1.165) is 36.1 Å². The predicted octanol–water partition coefficient (Wildman–Crippen LogP) is 3.24. The smallest absolute Gasteiger partial charge is 0.309 e. The predicted molar refractivity (Wildman–Crippen MR) is 114 cm³/mol. The Morgan fingerprint density at radius 3 is 2.30 bits per heavy atom. The molecule has 2 heterocycles. The van der Waals surface area contributed by atoms with E-state index in [2.05, 4.69) is 24.1 Å². The fourth-order valence-electron chi connectivity index (χ4n) is 4.37. The molecule has 0 amide bonds. The Morgan fingerprint density at radius 2 is 1.63 bits per heavy atom. The quantitative estimate of drug-likeness (QED) is 0.782. The van der Waals surface area contributed by atoms with Gasteiger partial charge in [-0.3, -0.25) is 4.31 Å². The summed E-state index contributed by atoms with van der Waals surface area (Å²) in [5.41, 5.74) is 1.06. The average molecular weight is 437 g/mol. The van der Waals surface area contributed by atoms with Crippen molar-refractivity contribution in [3.63, 3.8) is 0 Å². The fourth-order valence-corrected chi connectivity index (χ4v) is 6.12. The third kappa shape index (κ3) is 3.89. The van der Waals surface area contributed by atoms with Crippen LogP contribution < -0.4 is 13.9 Å². The van der Waals surface area contributed by atoms with E-state index in [0.29, 0.717) is 36.4 Å². The minimum atomic E-state index is -3.95. The fraction of sp³-hybridized carbons (Fsp3) is 0.429. The monoisotopic (exact) mass is 436 g/mol. The zero-order valence-electron chi connectivity index (χ0n) is 17.1. The van der Waals surface area contributed by atoms with Gasteiger partial charge in [-0.05, 0) is 51.1 Å². The molecule has 2 unspecified atom stereocenters. The Hall–Kier alpha value is -2.23. The summed E-state index contributed by atoms with van der Waals surface area (Å²) in [6.07, 6.45) is 0.665. The molecule has 0 aromatic heterocycles. The van der Waals surface area contributed by atoms with E-state index in [9.17, 15) is 17.2 Å². The summed E-state index contributed by atoms with van der Waals surface area (Å²) >= 11 is 0. The first-order chi connectivity index (χ1) is 14.3. The number of benzene rings is 2. The van der Waals surface area contributed by atoms with Crippen molar-refractivity contribution in [2.24, 2.45) is 0 Å². The summed E-state index contributed by atoms with van der Waals surface area (Å²) in [7, 11) is -3.95. The van der Waals surface area contributed by atoms with Gasteiger partial charge in [-0.15, -0.1) is 0 Å². The lowest BCUT2D eigenvalue weighted by Crippen LogP contribution is -2.54. The molecule has 9 heteroatoms. The molecule has 2 atom stereocenters. The average Bonchev–Trinajstić information content (AvgIpc) is 2.90. The van der Waals surface area contributed by atoms with E-state index < -0.39 is 21.8 Å². The van der Waals surface area contributed by atoms with Gasteiger partial charge in [0.1, 0.15) is 0 Å². The highest BCUT2D eigenvalue weighted by atomic mass is 32.2. The molecule has 0 spiro atoms. The maximum atomic E-state index is 13.8. The summed E-state index contributed by atoms with van der Waals surface area (Å²) in [5, 5.41) is 3.49. The van der Waals surface area contributed by atoms with Crippen LogP contribution in [0.1, 0.15) is 20.3 Å². The van der Waals surface area contributed by atoms with Gasteiger partial charge in [0.05, 0.1) is 17.1 Å². The molecule has 2 aromatic rings. The van der Waals surface area contributed by atoms with Crippen LogP contribution in [0.4, 0.5) is 25.8 Å². The molecule has 0 aliphatic carbocycles. The maximum absolute atomic E-state index is 13.8. The van der Waals surface area contributed by atoms with E-state index >= 15 is 0 Å². The molecule has 2 aliphatic heterocycles. The van der Waals surface area contributed by atoms with Gasteiger partial charge < -0.3 is 10.2 Å². The third-order valence-electron chi connectivity index (χ3n) is 5.48. The minimum absolute atomic E-state index is 0.0774. The highest BCUT2D eigenvalue weighted by Gasteiger charge is 2.41. The Bertz CT molecular complexity index is 1020. The number of anilines is 3. The molecule has 1 saturated heterocycles. The van der Waals surface area contributed by atoms with Gasteiger partial charge in [0.15, 0.2) is 11.6 Å². The topological polar surface area (TPSA) is 55.9 Å². The third-order valence-corrected chi connectivity index (χ3v) is 7.29. The normalized spacial score (nSPS) is 23.6. The lowest BCUT2D eigenvalue weighted by Gasteiger charge is -2.36. The van der Waals surface area contributed by atoms with Crippen molar-refractivity contribution in [2.75, 3.05) is 34.8 Å². The van der Waals surface area contributed by atoms with E-state index in [4.69, 9.17) is 0 Å². The van der Waals surface area contributed by atoms with Crippen LogP contribution in [0, 0.1) is 11.6 Å². The second-order valence-electron chi connectivity index (χ2n) is 8.01. The van der Waals surface area contributed by atoms with Crippen LogP contribution in [-0.2, 0) is 10.2 Å². The summed E-state index contributed by atoms with van der Waals surface area (Å²) in [6.45, 7) is 7.23. The Morgan fingerprint density at radius 1 is 0.967 bits per heavy atom. The van der Waals surface area contributed by atoms with Crippen LogP contribution in [0.15, 0.2) is 42.5 Å². The summed E-state index contributed by atoms with van der Waals surface area (Å²) < 4.78 is 56.3. The Labute approximate surface area is 176 Å². The standard InChI is InChI=1S/C21H26F2N4O2S/c1-15-13-25(14-16(2)24-15)10-5-11-26-20-6-3-4-7-21(20)27(30(26,28)29)17-8-9-18(22)19(23)12-17/h3-4,6-9,12,15-16,24H,5,10-11,13-14H2,1-2H3. The molecule has 2 aromatic carbocycles. The first kappa shape index (κ1) is 21.0. The van der Waals surface area contributed by atoms with Crippen molar-refractivity contribution >= 4 is 27.3 Å². The molecule has 0 saturated carbocycles. The molecule has 6 nitrogen and oxygen atoms in total. The molecular weight excluding hydrogens is 410 g/mol. The van der Waals surface area contributed by atoms with Crippen LogP contribution in [0.25, 0.3) is 0 Å². The molecule has 2 aliphatic rings. The molecule has 30 heavy (non-hydrogen) atoms. The molecule has 0 radical (unpaired) electrons. The van der Waals surface area contributed by atoms with Crippen molar-refractivity contribution in [3.8, 4) is 0 Å². The van der Waals surface area contributed by atoms with E-state index in [1.54, 1.807) is 24.3 Å². The summed E-state index contributed by atoms with van der Waals surface area (Å²) in [6, 6.07) is 10.8. The van der Waals surface area contributed by atoms with Gasteiger partial charge in [-0.25, -0.2) is 13.1 Å². The SMILES string of the molecule is CC1CN(CCCN2c3ccccc3N(c3ccc(F)c(F)c3)S2(=O)=O)CC(C)N1. The van der Waals surface area contributed by atoms with Gasteiger partial charge in [0, 0.05) is 37.8 Å². The lowest BCUT2D eigenvalue weighted by molar-refractivity contribution is 0.173. The van der Waals surface area contributed by atoms with Crippen LogP contribution >= 0.6 is 0 Å². The minimum Gasteiger partial charge on any atom is -0.309 e. The van der Waals surface area contributed by atoms with Crippen LogP contribution in [-0.4, -0.2) is 51.6 Å². The first-order valence-electron chi connectivity index (χ1n) is 10.1. The summed E-state index contributed by atoms with van der Waals surface area (Å²) in [5.74, 6) is -2.10. The molecule has 4 rings (SSSR count). The Balaban J connectivity index is 1.56. The van der Waals surface area contributed by atoms with Crippen molar-refractivity contribution in [1.82, 2.24) is 10.2 Å². The number of halogens is 2. The second kappa shape index (κ2) is 8.13. The maximum Gasteiger partial charge on any atom is 0.330 e. The largest absolute Gasteiger partial charge is 0.330 e.